The molecule has 0 aliphatic carbocycles. The third-order valence-electron chi connectivity index (χ3n) is 3.27. The summed E-state index contributed by atoms with van der Waals surface area (Å²) in [6, 6.07) is 5.13. The summed E-state index contributed by atoms with van der Waals surface area (Å²) in [5.74, 6) is 1.64. The summed E-state index contributed by atoms with van der Waals surface area (Å²) in [5.41, 5.74) is 0.818. The Kier molecular flexibility index (Phi) is 7.67. The lowest BCUT2D eigenvalue weighted by Gasteiger charge is -2.21. The topological polar surface area (TPSA) is 54.9 Å². The van der Waals surface area contributed by atoms with Gasteiger partial charge in [-0.25, -0.2) is 0 Å². The third kappa shape index (κ3) is 6.55. The molecule has 1 aromatic carbocycles. The van der Waals surface area contributed by atoms with Gasteiger partial charge in [0.1, 0.15) is 11.5 Å². The molecule has 24 heavy (non-hydrogen) atoms. The average Bonchev–Trinajstić information content (AvgIpc) is 2.53. The first kappa shape index (κ1) is 19.9. The van der Waals surface area contributed by atoms with Crippen LogP contribution in [0.15, 0.2) is 23.2 Å². The highest BCUT2D eigenvalue weighted by atomic mass is 19.4. The number of ether oxygens (including phenoxy) is 2. The summed E-state index contributed by atoms with van der Waals surface area (Å²) < 4.78 is 47.3. The number of alkyl halides is 3. The molecule has 8 heteroatoms. The molecule has 0 aliphatic rings. The van der Waals surface area contributed by atoms with E-state index in [4.69, 9.17) is 9.47 Å². The Morgan fingerprint density at radius 3 is 2.50 bits per heavy atom. The van der Waals surface area contributed by atoms with E-state index in [9.17, 15) is 13.2 Å². The molecule has 5 nitrogen and oxygen atoms in total. The number of halogens is 3. The minimum absolute atomic E-state index is 0.237. The molecule has 2 N–H and O–H groups in total. The van der Waals surface area contributed by atoms with Crippen molar-refractivity contribution in [2.24, 2.45) is 4.99 Å². The Labute approximate surface area is 140 Å². The fourth-order valence-corrected chi connectivity index (χ4v) is 2.08. The van der Waals surface area contributed by atoms with Crippen LogP contribution in [-0.2, 0) is 0 Å². The highest BCUT2D eigenvalue weighted by molar-refractivity contribution is 5.80. The summed E-state index contributed by atoms with van der Waals surface area (Å²) in [5, 5.41) is 6.02. The van der Waals surface area contributed by atoms with Gasteiger partial charge >= 0.3 is 6.18 Å². The van der Waals surface area contributed by atoms with Crippen molar-refractivity contribution in [3.05, 3.63) is 23.8 Å². The second-order valence-corrected chi connectivity index (χ2v) is 5.10. The highest BCUT2D eigenvalue weighted by Gasteiger charge is 2.26. The Morgan fingerprint density at radius 2 is 1.96 bits per heavy atom. The Morgan fingerprint density at radius 1 is 1.25 bits per heavy atom. The van der Waals surface area contributed by atoms with E-state index in [1.807, 2.05) is 19.9 Å². The zero-order chi connectivity index (χ0) is 18.2. The number of hydrogen-bond donors (Lipinski definition) is 2. The first-order valence-corrected chi connectivity index (χ1v) is 7.64. The summed E-state index contributed by atoms with van der Waals surface area (Å²) >= 11 is 0. The first-order chi connectivity index (χ1) is 11.3. The van der Waals surface area contributed by atoms with Crippen LogP contribution in [0.5, 0.6) is 11.5 Å². The Bertz CT molecular complexity index is 548. The molecule has 0 spiro atoms. The summed E-state index contributed by atoms with van der Waals surface area (Å²) in [6.45, 7) is 3.92. The van der Waals surface area contributed by atoms with E-state index in [0.29, 0.717) is 24.0 Å². The van der Waals surface area contributed by atoms with Crippen LogP contribution in [0.3, 0.4) is 0 Å². The van der Waals surface area contributed by atoms with E-state index in [0.717, 1.165) is 5.56 Å². The van der Waals surface area contributed by atoms with Crippen molar-refractivity contribution in [3.8, 4) is 11.5 Å². The molecule has 0 fully saturated rings. The van der Waals surface area contributed by atoms with E-state index in [2.05, 4.69) is 15.6 Å². The Balaban J connectivity index is 2.88. The van der Waals surface area contributed by atoms with Gasteiger partial charge in [0.25, 0.3) is 0 Å². The molecule has 1 rings (SSSR count). The van der Waals surface area contributed by atoms with Crippen LogP contribution in [-0.4, -0.2) is 39.4 Å². The van der Waals surface area contributed by atoms with Crippen molar-refractivity contribution < 1.29 is 22.6 Å². The minimum Gasteiger partial charge on any atom is -0.497 e. The molecule has 0 saturated carbocycles. The van der Waals surface area contributed by atoms with Crippen LogP contribution >= 0.6 is 0 Å². The van der Waals surface area contributed by atoms with Gasteiger partial charge < -0.3 is 20.1 Å². The van der Waals surface area contributed by atoms with Crippen LogP contribution < -0.4 is 20.1 Å². The SMILES string of the molecule is CCNC(=NCCC(F)(F)F)NC(C)c1cc(OC)ccc1OC. The second-order valence-electron chi connectivity index (χ2n) is 5.10. The van der Waals surface area contributed by atoms with Gasteiger partial charge in [0.15, 0.2) is 5.96 Å². The van der Waals surface area contributed by atoms with Gasteiger partial charge in [-0.05, 0) is 32.0 Å². The van der Waals surface area contributed by atoms with Crippen molar-refractivity contribution in [1.29, 1.82) is 0 Å². The number of aliphatic imine (C=N–C) groups is 1. The van der Waals surface area contributed by atoms with E-state index >= 15 is 0 Å². The van der Waals surface area contributed by atoms with Gasteiger partial charge in [0.05, 0.1) is 33.2 Å². The minimum atomic E-state index is -4.22. The molecular weight excluding hydrogens is 323 g/mol. The molecule has 0 heterocycles. The molecule has 0 bridgehead atoms. The van der Waals surface area contributed by atoms with Crippen molar-refractivity contribution in [2.45, 2.75) is 32.5 Å². The Hall–Kier alpha value is -2.12. The van der Waals surface area contributed by atoms with Crippen molar-refractivity contribution >= 4 is 5.96 Å². The van der Waals surface area contributed by atoms with Gasteiger partial charge in [-0.15, -0.1) is 0 Å². The van der Waals surface area contributed by atoms with Crippen LogP contribution in [0.1, 0.15) is 31.9 Å². The first-order valence-electron chi connectivity index (χ1n) is 7.64. The number of nitrogens with one attached hydrogen (secondary N) is 2. The van der Waals surface area contributed by atoms with Gasteiger partial charge in [-0.1, -0.05) is 0 Å². The van der Waals surface area contributed by atoms with E-state index in [-0.39, 0.29) is 12.6 Å². The lowest BCUT2D eigenvalue weighted by molar-refractivity contribution is -0.132. The molecule has 1 unspecified atom stereocenters. The molecule has 0 aromatic heterocycles. The average molecular weight is 347 g/mol. The number of methoxy groups -OCH3 is 2. The molecule has 0 radical (unpaired) electrons. The number of rotatable bonds is 7. The van der Waals surface area contributed by atoms with Crippen LogP contribution in [0, 0.1) is 0 Å². The number of nitrogens with zero attached hydrogens (tertiary/aromatic N) is 1. The number of hydrogen-bond acceptors (Lipinski definition) is 3. The molecule has 136 valence electrons. The quantitative estimate of drug-likeness (QED) is 0.587. The van der Waals surface area contributed by atoms with Crippen LogP contribution in [0.2, 0.25) is 0 Å². The molecule has 0 amide bonds. The molecule has 1 atom stereocenters. The fourth-order valence-electron chi connectivity index (χ4n) is 2.08. The maximum atomic E-state index is 12.3. The number of benzene rings is 1. The second kappa shape index (κ2) is 9.24. The maximum Gasteiger partial charge on any atom is 0.390 e. The molecular formula is C16H24F3N3O2. The smallest absolute Gasteiger partial charge is 0.390 e. The lowest BCUT2D eigenvalue weighted by atomic mass is 10.1. The van der Waals surface area contributed by atoms with Crippen LogP contribution in [0.25, 0.3) is 0 Å². The zero-order valence-electron chi connectivity index (χ0n) is 14.3. The summed E-state index contributed by atoms with van der Waals surface area (Å²) in [7, 11) is 3.12. The van der Waals surface area contributed by atoms with E-state index in [1.165, 1.54) is 0 Å². The van der Waals surface area contributed by atoms with Crippen molar-refractivity contribution in [1.82, 2.24) is 10.6 Å². The van der Waals surface area contributed by atoms with Crippen molar-refractivity contribution in [3.63, 3.8) is 0 Å². The fraction of sp³-hybridized carbons (Fsp3) is 0.562. The largest absolute Gasteiger partial charge is 0.497 e. The van der Waals surface area contributed by atoms with Gasteiger partial charge in [-0.3, -0.25) is 4.99 Å². The van der Waals surface area contributed by atoms with Gasteiger partial charge in [-0.2, -0.15) is 13.2 Å². The third-order valence-corrected chi connectivity index (χ3v) is 3.27. The summed E-state index contributed by atoms with van der Waals surface area (Å²) in [6.07, 6.45) is -5.18. The van der Waals surface area contributed by atoms with Gasteiger partial charge in [0.2, 0.25) is 0 Å². The zero-order valence-corrected chi connectivity index (χ0v) is 14.3. The normalized spacial score (nSPS) is 13.4. The molecule has 0 saturated heterocycles. The predicted molar refractivity (Wildman–Crippen MR) is 87.7 cm³/mol. The predicted octanol–water partition coefficient (Wildman–Crippen LogP) is 3.27. The standard InChI is InChI=1S/C16H24F3N3O2/c1-5-20-15(21-9-8-16(17,18)19)22-11(2)13-10-12(23-3)6-7-14(13)24-4/h6-7,10-11H,5,8-9H2,1-4H3,(H2,20,21,22). The lowest BCUT2D eigenvalue weighted by Crippen LogP contribution is -2.39. The molecule has 1 aromatic rings. The van der Waals surface area contributed by atoms with Crippen molar-refractivity contribution in [2.75, 3.05) is 27.3 Å². The van der Waals surface area contributed by atoms with E-state index < -0.39 is 12.6 Å². The number of guanidine groups is 1. The monoisotopic (exact) mass is 347 g/mol. The maximum absolute atomic E-state index is 12.3. The van der Waals surface area contributed by atoms with Gasteiger partial charge in [0, 0.05) is 12.1 Å². The van der Waals surface area contributed by atoms with E-state index in [1.54, 1.807) is 26.4 Å². The van der Waals surface area contributed by atoms with Crippen LogP contribution in [0.4, 0.5) is 13.2 Å². The summed E-state index contributed by atoms with van der Waals surface area (Å²) in [4.78, 5) is 3.96. The molecule has 0 aliphatic heterocycles. The highest BCUT2D eigenvalue weighted by Crippen LogP contribution is 2.29.